The van der Waals surface area contributed by atoms with Crippen LogP contribution in [0.3, 0.4) is 0 Å². The molecule has 0 fully saturated rings. The van der Waals surface area contributed by atoms with Crippen molar-refractivity contribution in [2.45, 2.75) is 92.0 Å². The van der Waals surface area contributed by atoms with E-state index in [-0.39, 0.29) is 19.8 Å². The summed E-state index contributed by atoms with van der Waals surface area (Å²) in [7, 11) is 0. The average molecular weight is 673 g/mol. The summed E-state index contributed by atoms with van der Waals surface area (Å²) in [5.74, 6) is -6.28. The molecule has 0 aliphatic carbocycles. The minimum Gasteiger partial charge on any atom is -0.462 e. The van der Waals surface area contributed by atoms with E-state index in [4.69, 9.17) is 43.7 Å². The smallest absolute Gasteiger partial charge is 0.347 e. The molecule has 0 aliphatic rings. The maximum Gasteiger partial charge on any atom is 0.347 e. The molecule has 0 saturated heterocycles. The molecule has 268 valence electrons. The lowest BCUT2D eigenvalue weighted by atomic mass is 9.94. The number of aliphatic hydroxyl groups is 6. The lowest BCUT2D eigenvalue weighted by molar-refractivity contribution is -0.182. The van der Waals surface area contributed by atoms with Gasteiger partial charge in [-0.05, 0) is 48.5 Å². The summed E-state index contributed by atoms with van der Waals surface area (Å²) in [6.45, 7) is 7.84. The Morgan fingerprint density at radius 1 is 0.457 bits per heavy atom. The van der Waals surface area contributed by atoms with Crippen LogP contribution in [0.5, 0.6) is 0 Å². The van der Waals surface area contributed by atoms with Crippen LogP contribution in [0.2, 0.25) is 0 Å². The van der Waals surface area contributed by atoms with Gasteiger partial charge in [-0.25, -0.2) is 28.8 Å². The van der Waals surface area contributed by atoms with Crippen molar-refractivity contribution in [2.24, 2.45) is 10.8 Å². The summed E-state index contributed by atoms with van der Waals surface area (Å²) in [5, 5.41) is 53.0. The van der Waals surface area contributed by atoms with E-state index < -0.39 is 103 Å². The van der Waals surface area contributed by atoms with E-state index in [1.807, 2.05) is 0 Å². The Labute approximate surface area is 266 Å². The average Bonchev–Trinajstić information content (AvgIpc) is 3.00. The Kier molecular flexibility index (Phi) is 20.8. The van der Waals surface area contributed by atoms with Gasteiger partial charge in [-0.3, -0.25) is 0 Å². The minimum atomic E-state index is -1.48. The number of aliphatic hydroxyl groups excluding tert-OH is 6. The summed E-state index contributed by atoms with van der Waals surface area (Å²) in [5.41, 5.74) is -2.11. The van der Waals surface area contributed by atoms with Gasteiger partial charge < -0.3 is 59.1 Å². The van der Waals surface area contributed by atoms with Gasteiger partial charge in [0.2, 0.25) is 0 Å². The number of carbonyl (C=O) groups is 6. The fourth-order valence-electron chi connectivity index (χ4n) is 2.33. The van der Waals surface area contributed by atoms with Crippen molar-refractivity contribution in [2.75, 3.05) is 39.6 Å². The molecule has 0 spiro atoms. The molecule has 0 saturated carbocycles. The van der Waals surface area contributed by atoms with Crippen LogP contribution in [0.15, 0.2) is 0 Å². The van der Waals surface area contributed by atoms with Crippen LogP contribution >= 0.6 is 0 Å². The van der Waals surface area contributed by atoms with Gasteiger partial charge in [0, 0.05) is 5.41 Å². The largest absolute Gasteiger partial charge is 0.462 e. The fourth-order valence-corrected chi connectivity index (χ4v) is 2.33. The van der Waals surface area contributed by atoms with Gasteiger partial charge in [0.15, 0.2) is 18.3 Å². The second kappa shape index (κ2) is 21.4. The number of hydrogen-bond acceptors (Lipinski definition) is 18. The zero-order valence-corrected chi connectivity index (χ0v) is 27.3. The SMILES string of the molecule is CC(CO)(CO)CO.CC(O)C(=O)OC(C)C(=O)OCC(C)(COC(=O)C(C)OC(=O)C(C)O)COC(=O)C(C)OC(=O)C(C)O. The predicted molar refractivity (Wildman–Crippen MR) is 152 cm³/mol. The van der Waals surface area contributed by atoms with Gasteiger partial charge in [0.25, 0.3) is 0 Å². The third-order valence-electron chi connectivity index (χ3n) is 5.73. The van der Waals surface area contributed by atoms with Gasteiger partial charge in [0.05, 0.1) is 25.2 Å². The molecule has 0 bridgehead atoms. The van der Waals surface area contributed by atoms with Gasteiger partial charge in [-0.1, -0.05) is 6.92 Å². The molecule has 0 rings (SSSR count). The molecule has 0 amide bonds. The molecule has 0 aromatic heterocycles. The topological polar surface area (TPSA) is 279 Å². The molecule has 6 unspecified atom stereocenters. The number of hydrogen-bond donors (Lipinski definition) is 6. The van der Waals surface area contributed by atoms with E-state index in [9.17, 15) is 44.1 Å². The Morgan fingerprint density at radius 3 is 0.826 bits per heavy atom. The molecule has 18 nitrogen and oxygen atoms in total. The van der Waals surface area contributed by atoms with Gasteiger partial charge in [-0.2, -0.15) is 0 Å². The van der Waals surface area contributed by atoms with Crippen LogP contribution in [0.25, 0.3) is 0 Å². The van der Waals surface area contributed by atoms with E-state index in [1.54, 1.807) is 6.92 Å². The quantitative estimate of drug-likeness (QED) is 0.0650. The third-order valence-corrected chi connectivity index (χ3v) is 5.73. The number of carbonyl (C=O) groups excluding carboxylic acids is 6. The van der Waals surface area contributed by atoms with Crippen molar-refractivity contribution >= 4 is 35.8 Å². The molecule has 0 aromatic carbocycles. The molecular weight excluding hydrogens is 624 g/mol. The van der Waals surface area contributed by atoms with E-state index >= 15 is 0 Å². The fraction of sp³-hybridized carbons (Fsp3) is 0.786. The molecule has 0 radical (unpaired) electrons. The summed E-state index contributed by atoms with van der Waals surface area (Å²) in [6.07, 6.45) is -8.68. The van der Waals surface area contributed by atoms with Gasteiger partial charge in [-0.15, -0.1) is 0 Å². The van der Waals surface area contributed by atoms with Crippen LogP contribution in [0, 0.1) is 10.8 Å². The van der Waals surface area contributed by atoms with E-state index in [2.05, 4.69) is 0 Å². The third kappa shape index (κ3) is 17.9. The Morgan fingerprint density at radius 2 is 0.674 bits per heavy atom. The normalized spacial score (nSPS) is 16.3. The second-order valence-corrected chi connectivity index (χ2v) is 11.2. The zero-order valence-electron chi connectivity index (χ0n) is 27.3. The highest BCUT2D eigenvalue weighted by atomic mass is 16.6. The van der Waals surface area contributed by atoms with Crippen molar-refractivity contribution in [3.05, 3.63) is 0 Å². The zero-order chi connectivity index (χ0) is 36.4. The van der Waals surface area contributed by atoms with Crippen LogP contribution in [-0.2, 0) is 57.2 Å². The van der Waals surface area contributed by atoms with Crippen molar-refractivity contribution < 1.29 is 87.8 Å². The first-order valence-electron chi connectivity index (χ1n) is 14.1. The Hall–Kier alpha value is -3.42. The molecule has 0 heterocycles. The molecule has 6 atom stereocenters. The lowest BCUT2D eigenvalue weighted by Gasteiger charge is -2.29. The van der Waals surface area contributed by atoms with Gasteiger partial charge in [0.1, 0.15) is 38.1 Å². The highest BCUT2D eigenvalue weighted by Gasteiger charge is 2.35. The monoisotopic (exact) mass is 672 g/mol. The van der Waals surface area contributed by atoms with Crippen LogP contribution in [-0.4, -0.2) is 143 Å². The Balaban J connectivity index is 0. The van der Waals surface area contributed by atoms with E-state index in [0.29, 0.717) is 0 Å². The summed E-state index contributed by atoms with van der Waals surface area (Å²) in [6, 6.07) is 0. The maximum absolute atomic E-state index is 12.3. The first-order chi connectivity index (χ1) is 21.1. The van der Waals surface area contributed by atoms with Crippen molar-refractivity contribution in [3.63, 3.8) is 0 Å². The van der Waals surface area contributed by atoms with E-state index in [1.165, 1.54) is 27.7 Å². The standard InChI is InChI=1S/C23H36O15.C5H12O3/c1-11(24)17(27)36-14(4)20(30)33-8-23(7,9-34-21(31)15(5)37-18(28)12(2)25)10-35-22(32)16(6)38-19(29)13(3)26;1-5(2-6,3-7)4-8/h11-16,24-26H,8-10H2,1-7H3;6-8H,2-4H2,1H3. The maximum atomic E-state index is 12.3. The number of esters is 6. The van der Waals surface area contributed by atoms with Crippen LogP contribution < -0.4 is 0 Å². The first-order valence-corrected chi connectivity index (χ1v) is 14.1. The van der Waals surface area contributed by atoms with Crippen LogP contribution in [0.4, 0.5) is 0 Å². The van der Waals surface area contributed by atoms with E-state index in [0.717, 1.165) is 20.8 Å². The molecule has 6 N–H and O–H groups in total. The second-order valence-electron chi connectivity index (χ2n) is 11.2. The lowest BCUT2D eigenvalue weighted by Crippen LogP contribution is -2.41. The molecule has 46 heavy (non-hydrogen) atoms. The van der Waals surface area contributed by atoms with Crippen molar-refractivity contribution in [1.82, 2.24) is 0 Å². The van der Waals surface area contributed by atoms with Crippen molar-refractivity contribution in [1.29, 1.82) is 0 Å². The predicted octanol–water partition coefficient (Wildman–Crippen LogP) is -2.47. The van der Waals surface area contributed by atoms with Gasteiger partial charge >= 0.3 is 35.8 Å². The molecule has 0 aromatic rings. The Bertz CT molecular complexity index is 871. The van der Waals surface area contributed by atoms with Crippen molar-refractivity contribution in [3.8, 4) is 0 Å². The molecular formula is C28H48O18. The highest BCUT2D eigenvalue weighted by Crippen LogP contribution is 2.21. The first kappa shape index (κ1) is 44.7. The molecule has 18 heteroatoms. The highest BCUT2D eigenvalue weighted by molar-refractivity contribution is 5.82. The number of rotatable bonds is 18. The minimum absolute atomic E-state index is 0.181. The summed E-state index contributed by atoms with van der Waals surface area (Å²) >= 11 is 0. The number of ether oxygens (including phenoxy) is 6. The molecule has 0 aliphatic heterocycles. The van der Waals surface area contributed by atoms with Crippen LogP contribution in [0.1, 0.15) is 55.4 Å². The summed E-state index contributed by atoms with van der Waals surface area (Å²) < 4.78 is 29.5. The summed E-state index contributed by atoms with van der Waals surface area (Å²) in [4.78, 5) is 71.2.